The molecule has 0 atom stereocenters. The third kappa shape index (κ3) is 3.12. The van der Waals surface area contributed by atoms with Crippen molar-refractivity contribution < 1.29 is 18.3 Å². The highest BCUT2D eigenvalue weighted by atomic mass is 35.5. The van der Waals surface area contributed by atoms with Crippen molar-refractivity contribution in [3.63, 3.8) is 0 Å². The number of nitrogens with zero attached hydrogens (tertiary/aromatic N) is 1. The molecule has 0 bridgehead atoms. The van der Waals surface area contributed by atoms with Gasteiger partial charge >= 0.3 is 5.97 Å². The van der Waals surface area contributed by atoms with Crippen LogP contribution < -0.4 is 0 Å². The van der Waals surface area contributed by atoms with Crippen molar-refractivity contribution in [3.8, 4) is 0 Å². The summed E-state index contributed by atoms with van der Waals surface area (Å²) >= 11 is 7.06. The summed E-state index contributed by atoms with van der Waals surface area (Å²) in [5.74, 6) is -1.44. The molecule has 0 unspecified atom stereocenters. The molecule has 8 heteroatoms. The third-order valence-corrected chi connectivity index (χ3v) is 4.95. The number of carbonyl (C=O) groups is 1. The van der Waals surface area contributed by atoms with Crippen molar-refractivity contribution in [1.82, 2.24) is 4.98 Å². The highest BCUT2D eigenvalue weighted by Gasteiger charge is 2.19. The number of sulfone groups is 1. The van der Waals surface area contributed by atoms with Gasteiger partial charge in [-0.2, -0.15) is 0 Å². The molecule has 0 aliphatic heterocycles. The molecule has 0 saturated heterocycles. The first-order chi connectivity index (χ1) is 8.90. The Labute approximate surface area is 118 Å². The standard InChI is InChI=1S/C11H8ClNO4S2/c12-10-3-8(1-2-9(10)11(14)15)19(16,17)5-7-4-18-6-13-7/h1-4,6H,5H2,(H,14,15). The number of aromatic carboxylic acids is 1. The van der Waals surface area contributed by atoms with Gasteiger partial charge in [0.25, 0.3) is 0 Å². The van der Waals surface area contributed by atoms with Crippen molar-refractivity contribution in [1.29, 1.82) is 0 Å². The second-order valence-corrected chi connectivity index (χ2v) is 6.80. The van der Waals surface area contributed by atoms with Crippen LogP contribution >= 0.6 is 22.9 Å². The summed E-state index contributed by atoms with van der Waals surface area (Å²) in [5.41, 5.74) is 1.86. The van der Waals surface area contributed by atoms with E-state index < -0.39 is 15.8 Å². The van der Waals surface area contributed by atoms with Crippen molar-refractivity contribution in [2.75, 3.05) is 0 Å². The van der Waals surface area contributed by atoms with Crippen LogP contribution in [-0.2, 0) is 15.6 Å². The van der Waals surface area contributed by atoms with Gasteiger partial charge in [0.15, 0.2) is 9.84 Å². The molecule has 0 saturated carbocycles. The summed E-state index contributed by atoms with van der Waals surface area (Å²) in [6, 6.07) is 3.56. The lowest BCUT2D eigenvalue weighted by atomic mass is 10.2. The summed E-state index contributed by atoms with van der Waals surface area (Å²) in [6.07, 6.45) is 0. The molecule has 100 valence electrons. The monoisotopic (exact) mass is 317 g/mol. The van der Waals surface area contributed by atoms with E-state index in [9.17, 15) is 13.2 Å². The average molecular weight is 318 g/mol. The predicted molar refractivity (Wildman–Crippen MR) is 71.4 cm³/mol. The molecule has 1 aromatic heterocycles. The molecule has 0 aliphatic rings. The molecular formula is C11H8ClNO4S2. The fraction of sp³-hybridized carbons (Fsp3) is 0.0909. The van der Waals surface area contributed by atoms with Crippen LogP contribution in [0.3, 0.4) is 0 Å². The molecule has 19 heavy (non-hydrogen) atoms. The highest BCUT2D eigenvalue weighted by molar-refractivity contribution is 7.90. The minimum Gasteiger partial charge on any atom is -0.478 e. The van der Waals surface area contributed by atoms with Crippen LogP contribution in [0.25, 0.3) is 0 Å². The maximum Gasteiger partial charge on any atom is 0.337 e. The lowest BCUT2D eigenvalue weighted by Gasteiger charge is -2.05. The Kier molecular flexibility index (Phi) is 3.88. The Bertz CT molecular complexity index is 710. The van der Waals surface area contributed by atoms with E-state index in [1.54, 1.807) is 10.9 Å². The predicted octanol–water partition coefficient (Wildman–Crippen LogP) is 2.47. The quantitative estimate of drug-likeness (QED) is 0.936. The zero-order chi connectivity index (χ0) is 14.0. The number of halogens is 1. The van der Waals surface area contributed by atoms with Gasteiger partial charge in [0.2, 0.25) is 0 Å². The van der Waals surface area contributed by atoms with Gasteiger partial charge < -0.3 is 5.11 Å². The molecule has 0 fully saturated rings. The number of carboxylic acid groups (broad SMARTS) is 1. The van der Waals surface area contributed by atoms with Crippen LogP contribution in [-0.4, -0.2) is 24.5 Å². The molecule has 1 heterocycles. The second kappa shape index (κ2) is 5.28. The zero-order valence-corrected chi connectivity index (χ0v) is 11.8. The Morgan fingerprint density at radius 1 is 1.42 bits per heavy atom. The van der Waals surface area contributed by atoms with Gasteiger partial charge in [-0.3, -0.25) is 0 Å². The van der Waals surface area contributed by atoms with E-state index in [1.807, 2.05) is 0 Å². The average Bonchev–Trinajstić information content (AvgIpc) is 2.80. The number of hydrogen-bond acceptors (Lipinski definition) is 5. The number of aromatic nitrogens is 1. The minimum atomic E-state index is -3.58. The zero-order valence-electron chi connectivity index (χ0n) is 9.41. The molecule has 0 aliphatic carbocycles. The minimum absolute atomic E-state index is 0.0181. The number of rotatable bonds is 4. The molecular weight excluding hydrogens is 310 g/mol. The Morgan fingerprint density at radius 3 is 2.68 bits per heavy atom. The van der Waals surface area contributed by atoms with E-state index in [1.165, 1.54) is 23.5 Å². The summed E-state index contributed by atoms with van der Waals surface area (Å²) in [7, 11) is -3.58. The van der Waals surface area contributed by atoms with Crippen LogP contribution in [0.4, 0.5) is 0 Å². The third-order valence-electron chi connectivity index (χ3n) is 2.35. The van der Waals surface area contributed by atoms with E-state index in [4.69, 9.17) is 16.7 Å². The van der Waals surface area contributed by atoms with E-state index in [-0.39, 0.29) is 21.2 Å². The maximum atomic E-state index is 12.1. The first-order valence-corrected chi connectivity index (χ1v) is 8.00. The van der Waals surface area contributed by atoms with Gasteiger partial charge in [-0.15, -0.1) is 11.3 Å². The fourth-order valence-electron chi connectivity index (χ4n) is 1.45. The van der Waals surface area contributed by atoms with Crippen LogP contribution in [0.15, 0.2) is 34.0 Å². The molecule has 1 N–H and O–H groups in total. The summed E-state index contributed by atoms with van der Waals surface area (Å²) < 4.78 is 24.2. The molecule has 0 radical (unpaired) electrons. The lowest BCUT2D eigenvalue weighted by molar-refractivity contribution is 0.0697. The normalized spacial score (nSPS) is 11.4. The molecule has 5 nitrogen and oxygen atoms in total. The largest absolute Gasteiger partial charge is 0.478 e. The topological polar surface area (TPSA) is 84.3 Å². The fourth-order valence-corrected chi connectivity index (χ4v) is 3.73. The van der Waals surface area contributed by atoms with Crippen LogP contribution in [0.5, 0.6) is 0 Å². The van der Waals surface area contributed by atoms with Crippen molar-refractivity contribution >= 4 is 38.7 Å². The lowest BCUT2D eigenvalue weighted by Crippen LogP contribution is -2.06. The van der Waals surface area contributed by atoms with E-state index >= 15 is 0 Å². The number of carboxylic acids is 1. The summed E-state index contributed by atoms with van der Waals surface area (Å²) in [5, 5.41) is 10.4. The van der Waals surface area contributed by atoms with E-state index in [0.29, 0.717) is 5.69 Å². The van der Waals surface area contributed by atoms with Gasteiger partial charge in [0, 0.05) is 5.38 Å². The van der Waals surface area contributed by atoms with Gasteiger partial charge in [-0.1, -0.05) is 11.6 Å². The van der Waals surface area contributed by atoms with Gasteiger partial charge in [0.05, 0.1) is 32.4 Å². The maximum absolute atomic E-state index is 12.1. The number of thiazole rings is 1. The second-order valence-electron chi connectivity index (χ2n) is 3.69. The van der Waals surface area contributed by atoms with Gasteiger partial charge in [-0.05, 0) is 18.2 Å². The van der Waals surface area contributed by atoms with Crippen LogP contribution in [0, 0.1) is 0 Å². The Morgan fingerprint density at radius 2 is 2.16 bits per heavy atom. The Balaban J connectivity index is 2.36. The molecule has 0 spiro atoms. The van der Waals surface area contributed by atoms with Crippen molar-refractivity contribution in [3.05, 3.63) is 45.4 Å². The van der Waals surface area contributed by atoms with Crippen molar-refractivity contribution in [2.24, 2.45) is 0 Å². The molecule has 2 rings (SSSR count). The summed E-state index contributed by atoms with van der Waals surface area (Å²) in [6.45, 7) is 0. The van der Waals surface area contributed by atoms with Crippen molar-refractivity contribution in [2.45, 2.75) is 10.6 Å². The SMILES string of the molecule is O=C(O)c1ccc(S(=O)(=O)Cc2cscn2)cc1Cl. The summed E-state index contributed by atoms with van der Waals surface area (Å²) in [4.78, 5) is 14.7. The van der Waals surface area contributed by atoms with E-state index in [0.717, 1.165) is 6.07 Å². The van der Waals surface area contributed by atoms with Crippen LogP contribution in [0.2, 0.25) is 5.02 Å². The smallest absolute Gasteiger partial charge is 0.337 e. The number of hydrogen-bond donors (Lipinski definition) is 1. The molecule has 0 amide bonds. The molecule has 1 aromatic carbocycles. The highest BCUT2D eigenvalue weighted by Crippen LogP contribution is 2.23. The van der Waals surface area contributed by atoms with E-state index in [2.05, 4.69) is 4.98 Å². The van der Waals surface area contributed by atoms with Crippen LogP contribution in [0.1, 0.15) is 16.1 Å². The number of benzene rings is 1. The van der Waals surface area contributed by atoms with Gasteiger partial charge in [0.1, 0.15) is 0 Å². The Hall–Kier alpha value is -1.44. The molecule has 2 aromatic rings. The first kappa shape index (κ1) is 14.0. The first-order valence-electron chi connectivity index (χ1n) is 5.03. The van der Waals surface area contributed by atoms with Gasteiger partial charge in [-0.25, -0.2) is 18.2 Å².